The average Bonchev–Trinajstić information content (AvgIpc) is 2.49. The van der Waals surface area contributed by atoms with Gasteiger partial charge < -0.3 is 14.2 Å². The molecule has 106 valence electrons. The topological polar surface area (TPSA) is 44.8 Å². The summed E-state index contributed by atoms with van der Waals surface area (Å²) in [6, 6.07) is 6.97. The minimum atomic E-state index is -0.363. The Morgan fingerprint density at radius 2 is 2.00 bits per heavy atom. The minimum absolute atomic E-state index is 0.192. The van der Waals surface area contributed by atoms with Crippen LogP contribution in [0.15, 0.2) is 24.3 Å². The van der Waals surface area contributed by atoms with Crippen LogP contribution in [0.4, 0.5) is 0 Å². The zero-order valence-electron chi connectivity index (χ0n) is 11.3. The molecule has 1 heterocycles. The van der Waals surface area contributed by atoms with Gasteiger partial charge in [0.15, 0.2) is 0 Å². The Morgan fingerprint density at radius 3 is 2.65 bits per heavy atom. The van der Waals surface area contributed by atoms with Crippen molar-refractivity contribution < 1.29 is 19.0 Å². The Hall–Kier alpha value is -1.99. The van der Waals surface area contributed by atoms with E-state index in [0.29, 0.717) is 12.0 Å². The first-order valence-corrected chi connectivity index (χ1v) is 6.74. The third-order valence-corrected chi connectivity index (χ3v) is 3.04. The van der Waals surface area contributed by atoms with E-state index >= 15 is 0 Å². The van der Waals surface area contributed by atoms with Gasteiger partial charge in [-0.15, -0.1) is 12.3 Å². The summed E-state index contributed by atoms with van der Waals surface area (Å²) in [6.07, 6.45) is 7.51. The maximum absolute atomic E-state index is 11.7. The highest BCUT2D eigenvalue weighted by molar-refractivity contribution is 5.89. The predicted molar refractivity (Wildman–Crippen MR) is 74.6 cm³/mol. The van der Waals surface area contributed by atoms with Gasteiger partial charge in [0.05, 0.1) is 18.8 Å². The summed E-state index contributed by atoms with van der Waals surface area (Å²) in [5.74, 6) is 2.82. The lowest BCUT2D eigenvalue weighted by Crippen LogP contribution is -2.25. The highest BCUT2D eigenvalue weighted by Gasteiger charge is 2.15. The second-order valence-electron chi connectivity index (χ2n) is 4.54. The fourth-order valence-corrected chi connectivity index (χ4v) is 1.94. The first-order valence-electron chi connectivity index (χ1n) is 6.74. The van der Waals surface area contributed by atoms with E-state index in [0.717, 1.165) is 31.8 Å². The number of hydrogen-bond donors (Lipinski definition) is 0. The van der Waals surface area contributed by atoms with E-state index in [9.17, 15) is 4.79 Å². The molecule has 4 heteroatoms. The lowest BCUT2D eigenvalue weighted by atomic mass is 10.1. The van der Waals surface area contributed by atoms with Gasteiger partial charge in [0.1, 0.15) is 18.5 Å². The number of carbonyl (C=O) groups excluding carboxylic acids is 1. The Morgan fingerprint density at radius 1 is 1.30 bits per heavy atom. The van der Waals surface area contributed by atoms with Gasteiger partial charge in [-0.25, -0.2) is 4.79 Å². The van der Waals surface area contributed by atoms with Crippen molar-refractivity contribution in [2.75, 3.05) is 19.8 Å². The third-order valence-electron chi connectivity index (χ3n) is 3.04. The molecule has 2 rings (SSSR count). The molecule has 0 saturated carbocycles. The van der Waals surface area contributed by atoms with Crippen molar-refractivity contribution in [3.63, 3.8) is 0 Å². The molecular weight excluding hydrogens is 256 g/mol. The largest absolute Gasteiger partial charge is 0.490 e. The van der Waals surface area contributed by atoms with E-state index in [1.54, 1.807) is 24.3 Å². The molecule has 0 aliphatic carbocycles. The third kappa shape index (κ3) is 4.29. The minimum Gasteiger partial charge on any atom is -0.490 e. The second kappa shape index (κ2) is 7.56. The van der Waals surface area contributed by atoms with E-state index in [1.165, 1.54) is 0 Å². The Bertz CT molecular complexity index is 466. The SMILES string of the molecule is C#CCCOC(=O)c1ccc(OC2CCOCC2)cc1. The van der Waals surface area contributed by atoms with Gasteiger partial charge in [0.2, 0.25) is 0 Å². The van der Waals surface area contributed by atoms with Crippen LogP contribution in [0.25, 0.3) is 0 Å². The molecule has 1 aliphatic heterocycles. The summed E-state index contributed by atoms with van der Waals surface area (Å²) in [6.45, 7) is 1.73. The fourth-order valence-electron chi connectivity index (χ4n) is 1.94. The molecule has 1 saturated heterocycles. The van der Waals surface area contributed by atoms with Crippen LogP contribution < -0.4 is 4.74 Å². The number of carbonyl (C=O) groups is 1. The van der Waals surface area contributed by atoms with E-state index in [-0.39, 0.29) is 18.7 Å². The van der Waals surface area contributed by atoms with Gasteiger partial charge in [0, 0.05) is 19.3 Å². The van der Waals surface area contributed by atoms with Gasteiger partial charge in [0.25, 0.3) is 0 Å². The first-order chi connectivity index (χ1) is 9.79. The Kier molecular flexibility index (Phi) is 5.45. The molecule has 0 N–H and O–H groups in total. The summed E-state index contributed by atoms with van der Waals surface area (Å²) in [7, 11) is 0. The fraction of sp³-hybridized carbons (Fsp3) is 0.438. The normalized spacial score (nSPS) is 15.3. The van der Waals surface area contributed by atoms with Crippen LogP contribution in [0.1, 0.15) is 29.6 Å². The van der Waals surface area contributed by atoms with Crippen LogP contribution in [0.3, 0.4) is 0 Å². The van der Waals surface area contributed by atoms with Crippen LogP contribution in [0.5, 0.6) is 5.75 Å². The summed E-state index contributed by atoms with van der Waals surface area (Å²) in [5, 5.41) is 0. The van der Waals surface area contributed by atoms with Crippen molar-refractivity contribution in [3.05, 3.63) is 29.8 Å². The van der Waals surface area contributed by atoms with Crippen LogP contribution in [0.2, 0.25) is 0 Å². The van der Waals surface area contributed by atoms with Crippen molar-refractivity contribution in [1.82, 2.24) is 0 Å². The van der Waals surface area contributed by atoms with Gasteiger partial charge in [-0.1, -0.05) is 0 Å². The van der Waals surface area contributed by atoms with Crippen molar-refractivity contribution in [3.8, 4) is 18.1 Å². The number of rotatable bonds is 5. The van der Waals surface area contributed by atoms with Gasteiger partial charge in [-0.05, 0) is 24.3 Å². The number of terminal acetylenes is 1. The summed E-state index contributed by atoms with van der Waals surface area (Å²) < 4.78 is 16.1. The molecule has 20 heavy (non-hydrogen) atoms. The zero-order valence-corrected chi connectivity index (χ0v) is 11.3. The smallest absolute Gasteiger partial charge is 0.338 e. The molecule has 4 nitrogen and oxygen atoms in total. The van der Waals surface area contributed by atoms with Crippen LogP contribution in [0, 0.1) is 12.3 Å². The molecule has 0 aromatic heterocycles. The summed E-state index contributed by atoms with van der Waals surface area (Å²) in [4.78, 5) is 11.7. The van der Waals surface area contributed by atoms with Gasteiger partial charge in [-0.2, -0.15) is 0 Å². The number of hydrogen-bond acceptors (Lipinski definition) is 4. The highest BCUT2D eigenvalue weighted by Crippen LogP contribution is 2.18. The lowest BCUT2D eigenvalue weighted by molar-refractivity contribution is 0.0255. The molecule has 0 spiro atoms. The molecule has 0 unspecified atom stereocenters. The summed E-state index contributed by atoms with van der Waals surface area (Å²) >= 11 is 0. The van der Waals surface area contributed by atoms with E-state index in [2.05, 4.69) is 5.92 Å². The quantitative estimate of drug-likeness (QED) is 0.470. The molecule has 1 aromatic carbocycles. The molecule has 1 aromatic rings. The Labute approximate surface area is 119 Å². The highest BCUT2D eigenvalue weighted by atomic mass is 16.5. The maximum Gasteiger partial charge on any atom is 0.338 e. The molecule has 0 amide bonds. The molecular formula is C16H18O4. The summed E-state index contributed by atoms with van der Waals surface area (Å²) in [5.41, 5.74) is 0.501. The van der Waals surface area contributed by atoms with Crippen molar-refractivity contribution in [1.29, 1.82) is 0 Å². The monoisotopic (exact) mass is 274 g/mol. The van der Waals surface area contributed by atoms with Crippen molar-refractivity contribution in [2.45, 2.75) is 25.4 Å². The van der Waals surface area contributed by atoms with Crippen molar-refractivity contribution in [2.24, 2.45) is 0 Å². The van der Waals surface area contributed by atoms with Gasteiger partial charge in [-0.3, -0.25) is 0 Å². The first kappa shape index (κ1) is 14.4. The zero-order chi connectivity index (χ0) is 14.2. The molecule has 0 radical (unpaired) electrons. The molecule has 1 fully saturated rings. The molecule has 0 bridgehead atoms. The van der Waals surface area contributed by atoms with Crippen LogP contribution >= 0.6 is 0 Å². The lowest BCUT2D eigenvalue weighted by Gasteiger charge is -2.23. The van der Waals surface area contributed by atoms with Crippen molar-refractivity contribution >= 4 is 5.97 Å². The molecule has 1 aliphatic rings. The van der Waals surface area contributed by atoms with Crippen LogP contribution in [-0.4, -0.2) is 31.9 Å². The van der Waals surface area contributed by atoms with Gasteiger partial charge >= 0.3 is 5.97 Å². The maximum atomic E-state index is 11.7. The Balaban J connectivity index is 1.85. The molecule has 0 atom stereocenters. The standard InChI is InChI=1S/C16H18O4/c1-2-3-10-19-16(17)13-4-6-14(7-5-13)20-15-8-11-18-12-9-15/h1,4-7,15H,3,8-12H2. The number of benzene rings is 1. The van der Waals surface area contributed by atoms with E-state index in [4.69, 9.17) is 20.6 Å². The van der Waals surface area contributed by atoms with E-state index in [1.807, 2.05) is 0 Å². The average molecular weight is 274 g/mol. The van der Waals surface area contributed by atoms with E-state index < -0.39 is 0 Å². The predicted octanol–water partition coefficient (Wildman–Crippen LogP) is 2.42. The second-order valence-corrected chi connectivity index (χ2v) is 4.54. The number of ether oxygens (including phenoxy) is 3. The number of esters is 1. The van der Waals surface area contributed by atoms with Crippen LogP contribution in [-0.2, 0) is 9.47 Å².